The molecule has 0 radical (unpaired) electrons. The molecule has 0 aliphatic carbocycles. The molecule has 606 valence electrons. The monoisotopic (exact) mass is 1520 g/mol. The Morgan fingerprint density at radius 3 is 0.755 bits per heavy atom. The fraction of sp³-hybridized carbons (Fsp3) is 0.953. The highest BCUT2D eigenvalue weighted by molar-refractivity contribution is 8.77. The molecule has 102 heavy (non-hydrogen) atoms. The number of hydrogen-bond acceptors (Lipinski definition) is 17. The molecule has 0 aliphatic rings. The quantitative estimate of drug-likeness (QED) is 0.0268. The molecule has 0 spiro atoms. The molecule has 1 N–H and O–H groups in total. The molecular formula is C85H169N5O8S4. The van der Waals surface area contributed by atoms with Crippen LogP contribution in [0.25, 0.3) is 0 Å². The molecular weight excluding hydrogens is 1350 g/mol. The molecule has 0 saturated heterocycles. The molecule has 0 aromatic carbocycles. The summed E-state index contributed by atoms with van der Waals surface area (Å²) in [7, 11) is 12.2. The van der Waals surface area contributed by atoms with Crippen LogP contribution >= 0.6 is 43.2 Å². The Hall–Kier alpha value is -0.920. The number of hydrogen-bond donors (Lipinski definition) is 1. The minimum atomic E-state index is -0.138. The first kappa shape index (κ1) is 101. The molecule has 0 aliphatic heterocycles. The molecule has 0 rings (SSSR count). The van der Waals surface area contributed by atoms with Crippen molar-refractivity contribution in [1.29, 1.82) is 0 Å². The van der Waals surface area contributed by atoms with Gasteiger partial charge in [-0.25, -0.2) is 0 Å². The molecule has 0 heterocycles. The van der Waals surface area contributed by atoms with Gasteiger partial charge < -0.3 is 43.9 Å². The van der Waals surface area contributed by atoms with E-state index in [1.165, 1.54) is 257 Å². The summed E-state index contributed by atoms with van der Waals surface area (Å²) >= 11 is 0. The fourth-order valence-corrected chi connectivity index (χ4v) is 17.5. The number of esters is 4. The van der Waals surface area contributed by atoms with Crippen LogP contribution in [0.2, 0.25) is 0 Å². The Balaban J connectivity index is 4.86. The summed E-state index contributed by atoms with van der Waals surface area (Å²) in [6, 6.07) is 0. The molecule has 0 amide bonds. The number of nitrogens with one attached hydrogen (secondary N) is 1. The van der Waals surface area contributed by atoms with Gasteiger partial charge in [0.1, 0.15) is 0 Å². The minimum Gasteiger partial charge on any atom is -0.466 e. The standard InChI is InChI=1S/C85H169N5O8S4/c1-9-14-18-22-26-30-34-38-42-46-50-54-73-95-81(91)58-63-89(64-59-82(92)96-74-55-51-47-43-39-35-31-27-23-19-15-10-2)69-67-87(7)71-78-100-99-77-62-86-85(6,13-5)80-102-101-79-72-88(8)68-70-90(65-60-83(93)97-75-56-52-48-44-40-36-32-28-24-20-16-11-3)66-61-84(94)98-76-57-53-49-45-41-37-33-29-25-21-17-12-4/h86H,9-80H2,1-8H3. The van der Waals surface area contributed by atoms with Crippen LogP contribution in [0.3, 0.4) is 0 Å². The molecule has 1 unspecified atom stereocenters. The van der Waals surface area contributed by atoms with Gasteiger partial charge in [-0.2, -0.15) is 0 Å². The number of ether oxygens (including phenoxy) is 4. The largest absolute Gasteiger partial charge is 0.466 e. The van der Waals surface area contributed by atoms with E-state index in [-0.39, 0.29) is 29.4 Å². The lowest BCUT2D eigenvalue weighted by molar-refractivity contribution is -0.146. The Labute approximate surface area is 648 Å². The normalized spacial score (nSPS) is 12.4. The van der Waals surface area contributed by atoms with Crippen molar-refractivity contribution in [2.75, 3.05) is 136 Å². The zero-order valence-corrected chi connectivity index (χ0v) is 71.9. The van der Waals surface area contributed by atoms with Gasteiger partial charge >= 0.3 is 23.9 Å². The zero-order chi connectivity index (χ0) is 74.4. The Morgan fingerprint density at radius 1 is 0.284 bits per heavy atom. The number of carbonyl (C=O) groups excluding carboxylic acids is 4. The highest BCUT2D eigenvalue weighted by atomic mass is 33.1. The lowest BCUT2D eigenvalue weighted by Gasteiger charge is -2.29. The highest BCUT2D eigenvalue weighted by Gasteiger charge is 2.22. The van der Waals surface area contributed by atoms with Crippen molar-refractivity contribution in [3.63, 3.8) is 0 Å². The molecule has 0 fully saturated rings. The molecule has 0 bridgehead atoms. The average Bonchev–Trinajstić information content (AvgIpc) is 0.994. The van der Waals surface area contributed by atoms with E-state index in [9.17, 15) is 19.2 Å². The van der Waals surface area contributed by atoms with E-state index in [1.54, 1.807) is 0 Å². The van der Waals surface area contributed by atoms with Gasteiger partial charge in [0.15, 0.2) is 0 Å². The van der Waals surface area contributed by atoms with E-state index in [0.717, 1.165) is 127 Å². The van der Waals surface area contributed by atoms with Gasteiger partial charge in [0.25, 0.3) is 0 Å². The third kappa shape index (κ3) is 75.9. The van der Waals surface area contributed by atoms with Crippen LogP contribution < -0.4 is 5.32 Å². The predicted octanol–water partition coefficient (Wildman–Crippen LogP) is 23.5. The maximum atomic E-state index is 12.9. The minimum absolute atomic E-state index is 0.0644. The summed E-state index contributed by atoms with van der Waals surface area (Å²) in [5.41, 5.74) is 0.0644. The first-order valence-electron chi connectivity index (χ1n) is 43.6. The van der Waals surface area contributed by atoms with Gasteiger partial charge in [-0.1, -0.05) is 360 Å². The third-order valence-corrected chi connectivity index (χ3v) is 25.4. The molecule has 17 heteroatoms. The van der Waals surface area contributed by atoms with Gasteiger partial charge in [0.2, 0.25) is 0 Å². The molecule has 0 aromatic heterocycles. The predicted molar refractivity (Wildman–Crippen MR) is 451 cm³/mol. The number of carbonyl (C=O) groups is 4. The SMILES string of the molecule is CCCCCCCCCCCCCCOC(=O)CCN(CCC(=O)OCCCCCCCCCCCCCC)CCN(C)CCSSCCNC(C)(CC)CSSCCN(C)CCN(CCC(=O)OCCCCCCCCCCCCCC)CCC(=O)OCCCCCCCCCCCCCC. The third-order valence-electron chi connectivity index (χ3n) is 20.3. The number of rotatable bonds is 85. The Kier molecular flexibility index (Phi) is 80.3. The lowest BCUT2D eigenvalue weighted by atomic mass is 10.0. The summed E-state index contributed by atoms with van der Waals surface area (Å²) in [6.07, 6.45) is 64.0. The summed E-state index contributed by atoms with van der Waals surface area (Å²) in [4.78, 5) is 60.9. The van der Waals surface area contributed by atoms with Crippen LogP contribution in [-0.2, 0) is 38.1 Å². The fourth-order valence-electron chi connectivity index (χ4n) is 12.7. The van der Waals surface area contributed by atoms with E-state index >= 15 is 0 Å². The summed E-state index contributed by atoms with van der Waals surface area (Å²) in [6.45, 7) is 24.3. The molecule has 0 aromatic rings. The first-order valence-corrected chi connectivity index (χ1v) is 48.6. The molecule has 13 nitrogen and oxygen atoms in total. The average molecular weight is 1520 g/mol. The van der Waals surface area contributed by atoms with Gasteiger partial charge in [-0.05, 0) is 53.1 Å². The van der Waals surface area contributed by atoms with Crippen molar-refractivity contribution in [2.24, 2.45) is 0 Å². The van der Waals surface area contributed by atoms with E-state index < -0.39 is 0 Å². The van der Waals surface area contributed by atoms with Gasteiger partial charge in [0.05, 0.1) is 52.1 Å². The second kappa shape index (κ2) is 81.1. The maximum absolute atomic E-state index is 12.9. The molecule has 0 saturated carbocycles. The van der Waals surface area contributed by atoms with Crippen LogP contribution in [0.4, 0.5) is 0 Å². The van der Waals surface area contributed by atoms with Crippen LogP contribution in [0, 0.1) is 0 Å². The zero-order valence-electron chi connectivity index (χ0n) is 68.6. The van der Waals surface area contributed by atoms with Crippen molar-refractivity contribution in [3.05, 3.63) is 0 Å². The summed E-state index contributed by atoms with van der Waals surface area (Å²) in [5, 5.41) is 3.89. The van der Waals surface area contributed by atoms with Crippen LogP contribution in [0.5, 0.6) is 0 Å². The van der Waals surface area contributed by atoms with E-state index in [0.29, 0.717) is 78.3 Å². The van der Waals surface area contributed by atoms with Crippen molar-refractivity contribution >= 4 is 67.1 Å². The summed E-state index contributed by atoms with van der Waals surface area (Å²) < 4.78 is 22.8. The van der Waals surface area contributed by atoms with Crippen molar-refractivity contribution in [3.8, 4) is 0 Å². The Bertz CT molecular complexity index is 1690. The second-order valence-electron chi connectivity index (χ2n) is 30.3. The van der Waals surface area contributed by atoms with E-state index in [4.69, 9.17) is 18.9 Å². The van der Waals surface area contributed by atoms with Gasteiger partial charge in [0, 0.05) is 101 Å². The van der Waals surface area contributed by atoms with Gasteiger partial charge in [-0.15, -0.1) is 0 Å². The smallest absolute Gasteiger partial charge is 0.307 e. The first-order chi connectivity index (χ1) is 49.9. The van der Waals surface area contributed by atoms with Crippen LogP contribution in [0.1, 0.15) is 382 Å². The Morgan fingerprint density at radius 2 is 0.510 bits per heavy atom. The second-order valence-corrected chi connectivity index (χ2v) is 35.6. The van der Waals surface area contributed by atoms with Gasteiger partial charge in [-0.3, -0.25) is 19.2 Å². The summed E-state index contributed by atoms with van der Waals surface area (Å²) in [5.74, 6) is 3.59. The molecule has 1 atom stereocenters. The highest BCUT2D eigenvalue weighted by Crippen LogP contribution is 2.28. The van der Waals surface area contributed by atoms with Crippen molar-refractivity contribution in [1.82, 2.24) is 24.9 Å². The lowest BCUT2D eigenvalue weighted by Crippen LogP contribution is -2.45. The number of unbranched alkanes of at least 4 members (excludes halogenated alkanes) is 44. The van der Waals surface area contributed by atoms with E-state index in [1.807, 2.05) is 43.2 Å². The van der Waals surface area contributed by atoms with Crippen LogP contribution in [0.15, 0.2) is 0 Å². The van der Waals surface area contributed by atoms with Crippen molar-refractivity contribution < 1.29 is 38.1 Å². The topological polar surface area (TPSA) is 130 Å². The maximum Gasteiger partial charge on any atom is 0.307 e. The van der Waals surface area contributed by atoms with Crippen LogP contribution in [-0.4, -0.2) is 185 Å². The van der Waals surface area contributed by atoms with E-state index in [2.05, 4.69) is 80.6 Å². The number of likely N-dealkylation sites (N-methyl/N-ethyl adjacent to an activating group) is 2. The van der Waals surface area contributed by atoms with Crippen molar-refractivity contribution in [2.45, 2.75) is 387 Å². The number of nitrogens with zero attached hydrogens (tertiary/aromatic N) is 4.